The number of aromatic nitrogens is 3. The molecule has 23 heavy (non-hydrogen) atoms. The van der Waals surface area contributed by atoms with E-state index >= 15 is 0 Å². The van der Waals surface area contributed by atoms with Crippen molar-refractivity contribution in [2.45, 2.75) is 44.4 Å². The van der Waals surface area contributed by atoms with Gasteiger partial charge in [0.05, 0.1) is 18.1 Å². The predicted molar refractivity (Wildman–Crippen MR) is 80.7 cm³/mol. The summed E-state index contributed by atoms with van der Waals surface area (Å²) in [5.74, 6) is 2.03. The van der Waals surface area contributed by atoms with Gasteiger partial charge >= 0.3 is 5.69 Å². The molecule has 1 amide bonds. The number of hydrogen-bond acceptors (Lipinski definition) is 4. The third kappa shape index (κ3) is 1.89. The van der Waals surface area contributed by atoms with Gasteiger partial charge in [-0.3, -0.25) is 9.36 Å². The number of likely N-dealkylation sites (tertiary alicyclic amines) is 1. The summed E-state index contributed by atoms with van der Waals surface area (Å²) < 4.78 is 9.03. The van der Waals surface area contributed by atoms with Crippen LogP contribution < -0.4 is 5.69 Å². The standard InChI is InChI=1S/C16H22N4O3/c1-18-16(22)20-6-9(2-5-14(20)17-18)15(21)19-7-10-11(8-19)13-4-3-12(10)23-13/h9-13H,2-8H2,1H3/t9?,10-,11+,12+,13-. The van der Waals surface area contributed by atoms with Crippen molar-refractivity contribution in [1.82, 2.24) is 19.2 Å². The molecule has 5 rings (SSSR count). The fourth-order valence-corrected chi connectivity index (χ4v) is 5.14. The van der Waals surface area contributed by atoms with Gasteiger partial charge in [0.1, 0.15) is 5.82 Å². The van der Waals surface area contributed by atoms with Crippen molar-refractivity contribution in [2.75, 3.05) is 13.1 Å². The number of amides is 1. The Morgan fingerprint density at radius 3 is 2.52 bits per heavy atom. The van der Waals surface area contributed by atoms with Crippen molar-refractivity contribution in [3.8, 4) is 0 Å². The van der Waals surface area contributed by atoms with Crippen LogP contribution in [0, 0.1) is 17.8 Å². The van der Waals surface area contributed by atoms with Crippen molar-refractivity contribution in [3.05, 3.63) is 16.3 Å². The van der Waals surface area contributed by atoms with Gasteiger partial charge in [-0.15, -0.1) is 0 Å². The summed E-state index contributed by atoms with van der Waals surface area (Å²) in [5, 5.41) is 4.24. The molecule has 0 radical (unpaired) electrons. The number of nitrogens with zero attached hydrogens (tertiary/aromatic N) is 4. The van der Waals surface area contributed by atoms with Crippen LogP contribution in [0.4, 0.5) is 0 Å². The second-order valence-electron chi connectivity index (χ2n) is 7.53. The first-order valence-corrected chi connectivity index (χ1v) is 8.69. The third-order valence-corrected chi connectivity index (χ3v) is 6.32. The molecule has 0 saturated carbocycles. The van der Waals surface area contributed by atoms with Crippen LogP contribution in [-0.4, -0.2) is 50.5 Å². The highest BCUT2D eigenvalue weighted by Gasteiger charge is 2.54. The maximum Gasteiger partial charge on any atom is 0.345 e. The zero-order valence-electron chi connectivity index (χ0n) is 13.4. The highest BCUT2D eigenvalue weighted by molar-refractivity contribution is 5.79. The first-order chi connectivity index (χ1) is 11.1. The molecule has 3 saturated heterocycles. The van der Waals surface area contributed by atoms with Crippen LogP contribution in [0.1, 0.15) is 25.1 Å². The molecule has 7 nitrogen and oxygen atoms in total. The van der Waals surface area contributed by atoms with Gasteiger partial charge in [-0.1, -0.05) is 0 Å². The monoisotopic (exact) mass is 318 g/mol. The fraction of sp³-hybridized carbons (Fsp3) is 0.812. The lowest BCUT2D eigenvalue weighted by Gasteiger charge is -2.27. The molecule has 124 valence electrons. The fourth-order valence-electron chi connectivity index (χ4n) is 5.14. The summed E-state index contributed by atoms with van der Waals surface area (Å²) in [5.41, 5.74) is -0.109. The van der Waals surface area contributed by atoms with Crippen LogP contribution in [0.25, 0.3) is 0 Å². The number of rotatable bonds is 1. The summed E-state index contributed by atoms with van der Waals surface area (Å²) in [4.78, 5) is 27.1. The molecule has 5 heterocycles. The second kappa shape index (κ2) is 4.69. The molecule has 0 aliphatic carbocycles. The molecule has 3 fully saturated rings. The smallest absolute Gasteiger partial charge is 0.345 e. The van der Waals surface area contributed by atoms with Gasteiger partial charge in [-0.25, -0.2) is 9.48 Å². The first kappa shape index (κ1) is 13.8. The minimum Gasteiger partial charge on any atom is -0.374 e. The minimum absolute atomic E-state index is 0.0817. The van der Waals surface area contributed by atoms with Crippen molar-refractivity contribution in [2.24, 2.45) is 24.8 Å². The molecule has 0 aromatic carbocycles. The molecule has 2 bridgehead atoms. The lowest BCUT2D eigenvalue weighted by atomic mass is 9.82. The molecule has 7 heteroatoms. The Bertz CT molecular complexity index is 705. The molecule has 4 aliphatic heterocycles. The van der Waals surface area contributed by atoms with Crippen molar-refractivity contribution in [3.63, 3.8) is 0 Å². The van der Waals surface area contributed by atoms with Gasteiger partial charge < -0.3 is 9.64 Å². The number of ether oxygens (including phenoxy) is 1. The van der Waals surface area contributed by atoms with Crippen molar-refractivity contribution < 1.29 is 9.53 Å². The Balaban J connectivity index is 1.33. The number of fused-ring (bicyclic) bond motifs is 6. The quantitative estimate of drug-likeness (QED) is 0.718. The van der Waals surface area contributed by atoms with Crippen LogP contribution in [0.15, 0.2) is 4.79 Å². The SMILES string of the molecule is Cn1nc2n(c1=O)CC(C(=O)N1C[C@@H]3[C@H](C1)[C@H]1CC[C@@H]3O1)CC2. The van der Waals surface area contributed by atoms with Gasteiger partial charge in [-0.05, 0) is 19.3 Å². The minimum atomic E-state index is -0.109. The Morgan fingerprint density at radius 2 is 1.83 bits per heavy atom. The summed E-state index contributed by atoms with van der Waals surface area (Å²) in [7, 11) is 1.67. The largest absolute Gasteiger partial charge is 0.374 e. The third-order valence-electron chi connectivity index (χ3n) is 6.32. The Morgan fingerprint density at radius 1 is 1.13 bits per heavy atom. The molecule has 0 spiro atoms. The van der Waals surface area contributed by atoms with Gasteiger partial charge in [-0.2, -0.15) is 5.10 Å². The van der Waals surface area contributed by atoms with Crippen LogP contribution in [0.5, 0.6) is 0 Å². The highest BCUT2D eigenvalue weighted by Crippen LogP contribution is 2.47. The van der Waals surface area contributed by atoms with Crippen LogP contribution in [0.2, 0.25) is 0 Å². The molecule has 1 unspecified atom stereocenters. The molecule has 1 aromatic rings. The van der Waals surface area contributed by atoms with E-state index in [4.69, 9.17) is 4.74 Å². The van der Waals surface area contributed by atoms with E-state index in [9.17, 15) is 9.59 Å². The van der Waals surface area contributed by atoms with Crippen LogP contribution in [-0.2, 0) is 29.5 Å². The van der Waals surface area contributed by atoms with Crippen LogP contribution >= 0.6 is 0 Å². The lowest BCUT2D eigenvalue weighted by Crippen LogP contribution is -2.41. The van der Waals surface area contributed by atoms with E-state index in [0.717, 1.165) is 38.2 Å². The zero-order chi connectivity index (χ0) is 15.7. The summed E-state index contributed by atoms with van der Waals surface area (Å²) in [6.07, 6.45) is 4.58. The maximum absolute atomic E-state index is 12.9. The lowest BCUT2D eigenvalue weighted by molar-refractivity contribution is -0.136. The Kier molecular flexibility index (Phi) is 2.81. The number of carbonyl (C=O) groups excluding carboxylic acids is 1. The van der Waals surface area contributed by atoms with E-state index in [1.807, 2.05) is 4.90 Å². The van der Waals surface area contributed by atoms with E-state index in [-0.39, 0.29) is 17.5 Å². The Hall–Kier alpha value is -1.63. The normalized spacial score (nSPS) is 38.0. The topological polar surface area (TPSA) is 69.4 Å². The van der Waals surface area contributed by atoms with Gasteiger partial charge in [0, 0.05) is 44.9 Å². The number of hydrogen-bond donors (Lipinski definition) is 0. The van der Waals surface area contributed by atoms with Crippen LogP contribution in [0.3, 0.4) is 0 Å². The molecule has 1 aromatic heterocycles. The van der Waals surface area contributed by atoms with Crippen molar-refractivity contribution in [1.29, 1.82) is 0 Å². The zero-order valence-corrected chi connectivity index (χ0v) is 13.4. The molecule has 4 aliphatic rings. The number of carbonyl (C=O) groups is 1. The van der Waals surface area contributed by atoms with E-state index in [1.54, 1.807) is 11.6 Å². The second-order valence-corrected chi connectivity index (χ2v) is 7.53. The molecular formula is C16H22N4O3. The van der Waals surface area contributed by atoms with E-state index in [0.29, 0.717) is 37.0 Å². The number of aryl methyl sites for hydroxylation is 2. The maximum atomic E-state index is 12.9. The van der Waals surface area contributed by atoms with Gasteiger partial charge in [0.25, 0.3) is 0 Å². The average Bonchev–Trinajstić information content (AvgIpc) is 3.29. The molecular weight excluding hydrogens is 296 g/mol. The highest BCUT2D eigenvalue weighted by atomic mass is 16.5. The molecule has 5 atom stereocenters. The van der Waals surface area contributed by atoms with Gasteiger partial charge in [0.2, 0.25) is 5.91 Å². The summed E-state index contributed by atoms with van der Waals surface area (Å²) in [6, 6.07) is 0. The molecule has 0 N–H and O–H groups in total. The predicted octanol–water partition coefficient (Wildman–Crippen LogP) is -0.220. The summed E-state index contributed by atoms with van der Waals surface area (Å²) in [6.45, 7) is 2.17. The Labute approximate surface area is 134 Å². The van der Waals surface area contributed by atoms with Gasteiger partial charge in [0.15, 0.2) is 0 Å². The van der Waals surface area contributed by atoms with E-state index in [2.05, 4.69) is 5.10 Å². The summed E-state index contributed by atoms with van der Waals surface area (Å²) >= 11 is 0. The first-order valence-electron chi connectivity index (χ1n) is 8.69. The average molecular weight is 318 g/mol. The van der Waals surface area contributed by atoms with E-state index in [1.165, 1.54) is 4.68 Å². The van der Waals surface area contributed by atoms with Crippen molar-refractivity contribution >= 4 is 5.91 Å². The van der Waals surface area contributed by atoms with E-state index < -0.39 is 0 Å².